The minimum Gasteiger partial charge on any atom is -0.513 e. The quantitative estimate of drug-likeness (QED) is 0.487. The molecular weight excluding hydrogens is 148 g/mol. The highest BCUT2D eigenvalue weighted by atomic mass is 16.3. The normalized spacial score (nSPS) is 15.7. The molecule has 0 fully saturated rings. The van der Waals surface area contributed by atoms with Crippen molar-refractivity contribution >= 4 is 0 Å². The molecule has 0 rings (SSSR count). The number of hydrogen-bond donors (Lipinski definition) is 1. The first-order valence-corrected chi connectivity index (χ1v) is 4.95. The molecule has 0 aromatic rings. The van der Waals surface area contributed by atoms with Gasteiger partial charge in [-0.25, -0.2) is 0 Å². The third-order valence-electron chi connectivity index (χ3n) is 2.55. The van der Waals surface area contributed by atoms with Crippen molar-refractivity contribution in [3.63, 3.8) is 0 Å². The Labute approximate surface area is 76.5 Å². The molecule has 12 heavy (non-hydrogen) atoms. The maximum Gasteiger partial charge on any atom is 0.0883 e. The lowest BCUT2D eigenvalue weighted by atomic mass is 9.95. The Morgan fingerprint density at radius 2 is 1.83 bits per heavy atom. The molecule has 0 aliphatic rings. The Hall–Kier alpha value is -0.460. The number of hydrogen-bond acceptors (Lipinski definition) is 1. The molecule has 1 heteroatoms. The van der Waals surface area contributed by atoms with Gasteiger partial charge in [0.25, 0.3) is 0 Å². The largest absolute Gasteiger partial charge is 0.513 e. The van der Waals surface area contributed by atoms with Gasteiger partial charge in [-0.05, 0) is 31.8 Å². The summed E-state index contributed by atoms with van der Waals surface area (Å²) in [6.07, 6.45) is 5.07. The third-order valence-corrected chi connectivity index (χ3v) is 2.55. The molecular formula is C11H22O. The summed E-state index contributed by atoms with van der Waals surface area (Å²) in [5.41, 5.74) is 1.14. The summed E-state index contributed by atoms with van der Waals surface area (Å²) in [5.74, 6) is 1.04. The van der Waals surface area contributed by atoms with Gasteiger partial charge in [0, 0.05) is 0 Å². The molecule has 0 saturated heterocycles. The standard InChI is InChI=1S/C11H22O/c1-5-6-7-8-9(2)10(3)11(4)12/h9,12H,5-8H2,1-4H3/b11-10+. The van der Waals surface area contributed by atoms with E-state index in [0.717, 1.165) is 5.57 Å². The Morgan fingerprint density at radius 1 is 1.25 bits per heavy atom. The van der Waals surface area contributed by atoms with Crippen LogP contribution in [0.2, 0.25) is 0 Å². The maximum atomic E-state index is 9.23. The first kappa shape index (κ1) is 11.5. The van der Waals surface area contributed by atoms with Crippen molar-refractivity contribution in [1.82, 2.24) is 0 Å². The Balaban J connectivity index is 3.72. The maximum absolute atomic E-state index is 9.23. The van der Waals surface area contributed by atoms with Gasteiger partial charge in [0.2, 0.25) is 0 Å². The van der Waals surface area contributed by atoms with Crippen molar-refractivity contribution in [3.8, 4) is 0 Å². The van der Waals surface area contributed by atoms with Crippen molar-refractivity contribution in [1.29, 1.82) is 0 Å². The van der Waals surface area contributed by atoms with Crippen LogP contribution >= 0.6 is 0 Å². The van der Waals surface area contributed by atoms with Crippen LogP contribution in [0, 0.1) is 5.92 Å². The van der Waals surface area contributed by atoms with Gasteiger partial charge in [0.1, 0.15) is 0 Å². The van der Waals surface area contributed by atoms with E-state index in [1.807, 2.05) is 6.92 Å². The van der Waals surface area contributed by atoms with Crippen LogP contribution in [0.5, 0.6) is 0 Å². The van der Waals surface area contributed by atoms with E-state index >= 15 is 0 Å². The van der Waals surface area contributed by atoms with Gasteiger partial charge in [-0.1, -0.05) is 33.1 Å². The highest BCUT2D eigenvalue weighted by Gasteiger charge is 2.05. The van der Waals surface area contributed by atoms with E-state index in [1.54, 1.807) is 6.92 Å². The molecule has 0 aliphatic carbocycles. The predicted molar refractivity (Wildman–Crippen MR) is 54.3 cm³/mol. The third kappa shape index (κ3) is 4.42. The lowest BCUT2D eigenvalue weighted by Crippen LogP contribution is -1.98. The zero-order valence-corrected chi connectivity index (χ0v) is 8.85. The summed E-state index contributed by atoms with van der Waals surface area (Å²) >= 11 is 0. The second-order valence-electron chi connectivity index (χ2n) is 3.67. The molecule has 0 bridgehead atoms. The SMILES string of the molecule is CCCCCC(C)/C(C)=C(\C)O. The average molecular weight is 170 g/mol. The summed E-state index contributed by atoms with van der Waals surface area (Å²) in [4.78, 5) is 0. The van der Waals surface area contributed by atoms with Crippen molar-refractivity contribution in [2.45, 2.75) is 53.4 Å². The van der Waals surface area contributed by atoms with E-state index in [2.05, 4.69) is 13.8 Å². The number of unbranched alkanes of at least 4 members (excludes halogenated alkanes) is 2. The van der Waals surface area contributed by atoms with Gasteiger partial charge >= 0.3 is 0 Å². The molecule has 72 valence electrons. The van der Waals surface area contributed by atoms with Crippen LogP contribution in [0.1, 0.15) is 53.4 Å². The number of aliphatic hydroxyl groups excluding tert-OH is 1. The first-order chi connectivity index (χ1) is 5.59. The van der Waals surface area contributed by atoms with Crippen LogP contribution in [0.15, 0.2) is 11.3 Å². The number of rotatable bonds is 5. The molecule has 0 spiro atoms. The predicted octanol–water partition coefficient (Wildman–Crippen LogP) is 4.05. The van der Waals surface area contributed by atoms with E-state index in [1.165, 1.54) is 25.7 Å². The monoisotopic (exact) mass is 170 g/mol. The summed E-state index contributed by atoms with van der Waals surface area (Å²) < 4.78 is 0. The van der Waals surface area contributed by atoms with Crippen molar-refractivity contribution in [2.24, 2.45) is 5.92 Å². The van der Waals surface area contributed by atoms with Gasteiger partial charge in [0.15, 0.2) is 0 Å². The zero-order chi connectivity index (χ0) is 9.56. The molecule has 1 nitrogen and oxygen atoms in total. The molecule has 1 N–H and O–H groups in total. The lowest BCUT2D eigenvalue weighted by Gasteiger charge is -2.12. The van der Waals surface area contributed by atoms with Gasteiger partial charge in [-0.15, -0.1) is 0 Å². The van der Waals surface area contributed by atoms with Crippen LogP contribution in [-0.4, -0.2) is 5.11 Å². The number of allylic oxidation sites excluding steroid dienone is 2. The Bertz CT molecular complexity index is 143. The first-order valence-electron chi connectivity index (χ1n) is 4.95. The van der Waals surface area contributed by atoms with Crippen molar-refractivity contribution in [2.75, 3.05) is 0 Å². The highest BCUT2D eigenvalue weighted by Crippen LogP contribution is 2.19. The van der Waals surface area contributed by atoms with E-state index < -0.39 is 0 Å². The highest BCUT2D eigenvalue weighted by molar-refractivity contribution is 5.05. The number of aliphatic hydroxyl groups is 1. The Kier molecular flexibility index (Phi) is 5.87. The van der Waals surface area contributed by atoms with Crippen LogP contribution in [0.25, 0.3) is 0 Å². The van der Waals surface area contributed by atoms with E-state index in [0.29, 0.717) is 11.7 Å². The van der Waals surface area contributed by atoms with Crippen LogP contribution in [0.3, 0.4) is 0 Å². The molecule has 0 aromatic carbocycles. The fourth-order valence-electron chi connectivity index (χ4n) is 1.27. The van der Waals surface area contributed by atoms with E-state index in [4.69, 9.17) is 0 Å². The minimum absolute atomic E-state index is 0.499. The Morgan fingerprint density at radius 3 is 2.25 bits per heavy atom. The van der Waals surface area contributed by atoms with Gasteiger partial charge in [0.05, 0.1) is 5.76 Å². The smallest absolute Gasteiger partial charge is 0.0883 e. The van der Waals surface area contributed by atoms with Gasteiger partial charge in [-0.3, -0.25) is 0 Å². The topological polar surface area (TPSA) is 20.2 Å². The summed E-state index contributed by atoms with van der Waals surface area (Å²) in [6, 6.07) is 0. The fourth-order valence-corrected chi connectivity index (χ4v) is 1.27. The molecule has 1 atom stereocenters. The second-order valence-corrected chi connectivity index (χ2v) is 3.67. The summed E-state index contributed by atoms with van der Waals surface area (Å²) in [6.45, 7) is 8.19. The van der Waals surface area contributed by atoms with Crippen molar-refractivity contribution in [3.05, 3.63) is 11.3 Å². The lowest BCUT2D eigenvalue weighted by molar-refractivity contribution is 0.392. The summed E-state index contributed by atoms with van der Waals surface area (Å²) in [7, 11) is 0. The minimum atomic E-state index is 0.499. The van der Waals surface area contributed by atoms with Gasteiger partial charge < -0.3 is 5.11 Å². The summed E-state index contributed by atoms with van der Waals surface area (Å²) in [5, 5.41) is 9.23. The van der Waals surface area contributed by atoms with Gasteiger partial charge in [-0.2, -0.15) is 0 Å². The molecule has 1 unspecified atom stereocenters. The van der Waals surface area contributed by atoms with E-state index in [9.17, 15) is 5.11 Å². The van der Waals surface area contributed by atoms with Crippen molar-refractivity contribution < 1.29 is 5.11 Å². The molecule has 0 heterocycles. The molecule has 0 aromatic heterocycles. The molecule has 0 aliphatic heterocycles. The average Bonchev–Trinajstić information content (AvgIpc) is 2.03. The second kappa shape index (κ2) is 6.10. The zero-order valence-electron chi connectivity index (χ0n) is 8.85. The van der Waals surface area contributed by atoms with Crippen LogP contribution < -0.4 is 0 Å². The molecule has 0 radical (unpaired) electrons. The van der Waals surface area contributed by atoms with Crippen LogP contribution in [-0.2, 0) is 0 Å². The molecule has 0 saturated carbocycles. The fraction of sp³-hybridized carbons (Fsp3) is 0.818. The van der Waals surface area contributed by atoms with E-state index in [-0.39, 0.29) is 0 Å². The molecule has 0 amide bonds. The van der Waals surface area contributed by atoms with Crippen LogP contribution in [0.4, 0.5) is 0 Å².